The molecule has 2 fully saturated rings. The van der Waals surface area contributed by atoms with Crippen molar-refractivity contribution in [2.24, 2.45) is 5.92 Å². The van der Waals surface area contributed by atoms with E-state index in [9.17, 15) is 9.90 Å². The molecule has 1 heterocycles. The molecule has 0 aromatic heterocycles. The number of aromatic hydroxyl groups is 1. The predicted molar refractivity (Wildman–Crippen MR) is 80.7 cm³/mol. The summed E-state index contributed by atoms with van der Waals surface area (Å²) in [6.45, 7) is 0.802. The zero-order valence-electron chi connectivity index (χ0n) is 12.5. The van der Waals surface area contributed by atoms with Gasteiger partial charge in [-0.15, -0.1) is 0 Å². The number of nitrogens with zero attached hydrogens (tertiary/aromatic N) is 1. The molecule has 2 unspecified atom stereocenters. The van der Waals surface area contributed by atoms with Gasteiger partial charge in [0.05, 0.1) is 12.7 Å². The first-order valence-electron chi connectivity index (χ1n) is 7.89. The first kappa shape index (κ1) is 14.2. The fourth-order valence-corrected chi connectivity index (χ4v) is 3.89. The van der Waals surface area contributed by atoms with Crippen LogP contribution in [0.15, 0.2) is 18.2 Å². The molecule has 1 amide bonds. The smallest absolute Gasteiger partial charge is 0.258 e. The van der Waals surface area contributed by atoms with Crippen LogP contribution in [0.4, 0.5) is 0 Å². The van der Waals surface area contributed by atoms with Crippen molar-refractivity contribution in [3.63, 3.8) is 0 Å². The second-order valence-electron chi connectivity index (χ2n) is 6.11. The number of phenols is 1. The molecule has 114 valence electrons. The lowest BCUT2D eigenvalue weighted by Gasteiger charge is -2.44. The molecule has 1 N–H and O–H groups in total. The maximum absolute atomic E-state index is 12.9. The van der Waals surface area contributed by atoms with Crippen LogP contribution >= 0.6 is 0 Å². The minimum absolute atomic E-state index is 0.0390. The summed E-state index contributed by atoms with van der Waals surface area (Å²) in [4.78, 5) is 14.8. The zero-order chi connectivity index (χ0) is 14.8. The highest BCUT2D eigenvalue weighted by molar-refractivity contribution is 5.98. The van der Waals surface area contributed by atoms with Crippen molar-refractivity contribution in [3.8, 4) is 11.5 Å². The highest BCUT2D eigenvalue weighted by Gasteiger charge is 2.36. The summed E-state index contributed by atoms with van der Waals surface area (Å²) in [5.41, 5.74) is 0.362. The molecule has 1 aliphatic carbocycles. The fourth-order valence-electron chi connectivity index (χ4n) is 3.89. The van der Waals surface area contributed by atoms with Gasteiger partial charge in [-0.2, -0.15) is 0 Å². The van der Waals surface area contributed by atoms with Crippen molar-refractivity contribution in [3.05, 3.63) is 23.8 Å². The number of hydrogen-bond acceptors (Lipinski definition) is 3. The van der Waals surface area contributed by atoms with E-state index in [1.165, 1.54) is 32.8 Å². The quantitative estimate of drug-likeness (QED) is 0.909. The second kappa shape index (κ2) is 5.96. The molecule has 1 aliphatic heterocycles. The van der Waals surface area contributed by atoms with E-state index in [4.69, 9.17) is 4.74 Å². The average molecular weight is 289 g/mol. The summed E-state index contributed by atoms with van der Waals surface area (Å²) >= 11 is 0. The molecule has 1 aromatic rings. The van der Waals surface area contributed by atoms with Crippen LogP contribution in [-0.2, 0) is 0 Å². The Hall–Kier alpha value is -1.71. The molecule has 0 radical (unpaired) electrons. The highest BCUT2D eigenvalue weighted by atomic mass is 16.5. The Morgan fingerprint density at radius 2 is 2.00 bits per heavy atom. The molecule has 2 atom stereocenters. The maximum Gasteiger partial charge on any atom is 0.258 e. The van der Waals surface area contributed by atoms with Crippen LogP contribution in [0.5, 0.6) is 11.5 Å². The number of amides is 1. The lowest BCUT2D eigenvalue weighted by molar-refractivity contribution is 0.0387. The molecule has 4 heteroatoms. The monoisotopic (exact) mass is 289 g/mol. The number of hydrogen-bond donors (Lipinski definition) is 1. The van der Waals surface area contributed by atoms with Crippen LogP contribution in [0.25, 0.3) is 0 Å². The van der Waals surface area contributed by atoms with Crippen LogP contribution < -0.4 is 4.74 Å². The van der Waals surface area contributed by atoms with Crippen LogP contribution in [0.1, 0.15) is 48.9 Å². The van der Waals surface area contributed by atoms with Gasteiger partial charge in [0.1, 0.15) is 0 Å². The van der Waals surface area contributed by atoms with E-state index in [1.54, 1.807) is 18.2 Å². The van der Waals surface area contributed by atoms with Gasteiger partial charge in [-0.3, -0.25) is 4.79 Å². The summed E-state index contributed by atoms with van der Waals surface area (Å²) < 4.78 is 5.11. The van der Waals surface area contributed by atoms with E-state index < -0.39 is 0 Å². The van der Waals surface area contributed by atoms with Crippen molar-refractivity contribution >= 4 is 5.91 Å². The number of rotatable bonds is 2. The van der Waals surface area contributed by atoms with Gasteiger partial charge in [0.25, 0.3) is 5.91 Å². The van der Waals surface area contributed by atoms with E-state index in [1.807, 2.05) is 4.90 Å². The molecular weight excluding hydrogens is 266 g/mol. The van der Waals surface area contributed by atoms with Crippen LogP contribution in [0.3, 0.4) is 0 Å². The third-order valence-electron chi connectivity index (χ3n) is 4.95. The Labute approximate surface area is 125 Å². The topological polar surface area (TPSA) is 49.8 Å². The maximum atomic E-state index is 12.9. The number of fused-ring (bicyclic) bond motifs is 1. The van der Waals surface area contributed by atoms with Crippen LogP contribution in [0.2, 0.25) is 0 Å². The Kier molecular flexibility index (Phi) is 4.04. The van der Waals surface area contributed by atoms with Crippen molar-refractivity contribution in [2.45, 2.75) is 44.6 Å². The summed E-state index contributed by atoms with van der Waals surface area (Å²) in [6.07, 6.45) is 7.12. The van der Waals surface area contributed by atoms with Crippen molar-refractivity contribution in [1.29, 1.82) is 0 Å². The number of piperidine rings is 1. The minimum atomic E-state index is -0.0528. The number of likely N-dealkylation sites (tertiary alicyclic amines) is 1. The lowest BCUT2D eigenvalue weighted by Crippen LogP contribution is -2.49. The van der Waals surface area contributed by atoms with E-state index in [0.29, 0.717) is 23.3 Å². The molecule has 0 bridgehead atoms. The average Bonchev–Trinajstić information content (AvgIpc) is 2.54. The van der Waals surface area contributed by atoms with Crippen molar-refractivity contribution in [1.82, 2.24) is 4.90 Å². The number of benzene rings is 1. The third-order valence-corrected chi connectivity index (χ3v) is 4.95. The fraction of sp³-hybridized carbons (Fsp3) is 0.588. The molecule has 1 aromatic carbocycles. The van der Waals surface area contributed by atoms with Crippen molar-refractivity contribution in [2.75, 3.05) is 13.7 Å². The number of para-hydroxylation sites is 1. The molecule has 1 saturated carbocycles. The number of phenolic OH excluding ortho intramolecular Hbond substituents is 1. The van der Waals surface area contributed by atoms with E-state index in [0.717, 1.165) is 19.4 Å². The van der Waals surface area contributed by atoms with Gasteiger partial charge in [0.2, 0.25) is 0 Å². The molecule has 4 nitrogen and oxygen atoms in total. The van der Waals surface area contributed by atoms with Gasteiger partial charge >= 0.3 is 0 Å². The summed E-state index contributed by atoms with van der Waals surface area (Å²) in [5.74, 6) is 0.910. The lowest BCUT2D eigenvalue weighted by atomic mass is 9.78. The number of carbonyl (C=O) groups is 1. The number of carbonyl (C=O) groups excluding carboxylic acids is 1. The molecule has 1 saturated heterocycles. The molecule has 0 spiro atoms. The Morgan fingerprint density at radius 3 is 2.81 bits per heavy atom. The Morgan fingerprint density at radius 1 is 1.24 bits per heavy atom. The number of methoxy groups -OCH3 is 1. The van der Waals surface area contributed by atoms with Gasteiger partial charge < -0.3 is 14.7 Å². The third kappa shape index (κ3) is 2.59. The van der Waals surface area contributed by atoms with Gasteiger partial charge in [-0.05, 0) is 43.7 Å². The highest BCUT2D eigenvalue weighted by Crippen LogP contribution is 2.37. The van der Waals surface area contributed by atoms with Gasteiger partial charge in [-0.1, -0.05) is 18.9 Å². The first-order chi connectivity index (χ1) is 10.2. The largest absolute Gasteiger partial charge is 0.504 e. The molecule has 3 rings (SSSR count). The van der Waals surface area contributed by atoms with Gasteiger partial charge in [0, 0.05) is 12.6 Å². The minimum Gasteiger partial charge on any atom is -0.504 e. The molecule has 21 heavy (non-hydrogen) atoms. The van der Waals surface area contributed by atoms with Crippen molar-refractivity contribution < 1.29 is 14.6 Å². The standard InChI is InChI=1S/C17H23NO3/c1-21-15-10-4-8-13(16(15)19)17(20)18-11-5-7-12-6-2-3-9-14(12)18/h4,8,10,12,14,19H,2-3,5-7,9,11H2,1H3. The van der Waals surface area contributed by atoms with Gasteiger partial charge in [0.15, 0.2) is 11.5 Å². The van der Waals surface area contributed by atoms with Crippen LogP contribution in [0, 0.1) is 5.92 Å². The number of ether oxygens (including phenoxy) is 1. The first-order valence-corrected chi connectivity index (χ1v) is 7.89. The Balaban J connectivity index is 1.87. The van der Waals surface area contributed by atoms with Gasteiger partial charge in [-0.25, -0.2) is 0 Å². The SMILES string of the molecule is COc1cccc(C(=O)N2CCCC3CCCCC32)c1O. The van der Waals surface area contributed by atoms with E-state index in [2.05, 4.69) is 0 Å². The molecule has 2 aliphatic rings. The van der Waals surface area contributed by atoms with Crippen LogP contribution in [-0.4, -0.2) is 35.6 Å². The summed E-state index contributed by atoms with van der Waals surface area (Å²) in [7, 11) is 1.50. The predicted octanol–water partition coefficient (Wildman–Crippen LogP) is 3.20. The molecular formula is C17H23NO3. The normalized spacial score (nSPS) is 25.3. The van der Waals surface area contributed by atoms with E-state index in [-0.39, 0.29) is 11.7 Å². The second-order valence-corrected chi connectivity index (χ2v) is 6.11. The zero-order valence-corrected chi connectivity index (χ0v) is 12.5. The summed E-state index contributed by atoms with van der Waals surface area (Å²) in [5, 5.41) is 10.2. The summed E-state index contributed by atoms with van der Waals surface area (Å²) in [6, 6.07) is 5.47. The van der Waals surface area contributed by atoms with E-state index >= 15 is 0 Å². The Bertz CT molecular complexity index is 527.